The monoisotopic (exact) mass is 265 g/mol. The van der Waals surface area contributed by atoms with Gasteiger partial charge in [0, 0.05) is 39.1 Å². The Bertz CT molecular complexity index is 420. The van der Waals surface area contributed by atoms with Crippen LogP contribution in [0, 0.1) is 5.92 Å². The van der Waals surface area contributed by atoms with Crippen LogP contribution in [0.15, 0.2) is 0 Å². The maximum Gasteiger partial charge on any atom is 0.293 e. The van der Waals surface area contributed by atoms with Gasteiger partial charge in [-0.05, 0) is 5.92 Å². The molecule has 1 aliphatic heterocycles. The smallest absolute Gasteiger partial charge is 0.293 e. The molecule has 0 bridgehead atoms. The lowest BCUT2D eigenvalue weighted by Gasteiger charge is -2.34. The molecule has 0 spiro atoms. The number of nitrogens with zero attached hydrogens (tertiary/aromatic N) is 4. The fourth-order valence-corrected chi connectivity index (χ4v) is 2.34. The molecular weight excluding hydrogens is 242 g/mol. The quantitative estimate of drug-likeness (QED) is 0.874. The highest BCUT2D eigenvalue weighted by Crippen LogP contribution is 2.08. The summed E-state index contributed by atoms with van der Waals surface area (Å²) in [6.07, 6.45) is 0.766. The summed E-state index contributed by atoms with van der Waals surface area (Å²) in [6, 6.07) is 0. The molecule has 0 atom stereocenters. The van der Waals surface area contributed by atoms with E-state index in [0.717, 1.165) is 45.0 Å². The van der Waals surface area contributed by atoms with Crippen LogP contribution in [-0.4, -0.2) is 63.6 Å². The Kier molecular flexibility index (Phi) is 4.52. The Hall–Kier alpha value is -1.43. The van der Waals surface area contributed by atoms with E-state index in [1.165, 1.54) is 0 Å². The van der Waals surface area contributed by atoms with E-state index in [0.29, 0.717) is 11.7 Å². The number of aromatic nitrogens is 3. The number of hydrogen-bond donors (Lipinski definition) is 1. The lowest BCUT2D eigenvalue weighted by Crippen LogP contribution is -2.49. The van der Waals surface area contributed by atoms with Crippen molar-refractivity contribution in [2.75, 3.05) is 32.7 Å². The molecule has 106 valence electrons. The van der Waals surface area contributed by atoms with Crippen molar-refractivity contribution in [2.24, 2.45) is 5.92 Å². The number of amides is 1. The van der Waals surface area contributed by atoms with Crippen LogP contribution in [0.2, 0.25) is 0 Å². The normalized spacial score (nSPS) is 17.2. The standard InChI is InChI=1S/C13H23N5O/c1-4-11-14-12(16-15-11)13(19)18-7-5-17(6-8-18)9-10(2)3/h10H,4-9H2,1-3H3,(H,14,15,16). The van der Waals surface area contributed by atoms with Crippen LogP contribution in [0.1, 0.15) is 37.2 Å². The van der Waals surface area contributed by atoms with Crippen molar-refractivity contribution >= 4 is 5.91 Å². The Morgan fingerprint density at radius 1 is 1.32 bits per heavy atom. The highest BCUT2D eigenvalue weighted by Gasteiger charge is 2.24. The first-order valence-electron chi connectivity index (χ1n) is 7.03. The maximum atomic E-state index is 12.2. The Morgan fingerprint density at radius 3 is 2.53 bits per heavy atom. The summed E-state index contributed by atoms with van der Waals surface area (Å²) in [5, 5.41) is 6.78. The van der Waals surface area contributed by atoms with E-state index in [2.05, 4.69) is 33.9 Å². The predicted octanol–water partition coefficient (Wildman–Crippen LogP) is 0.781. The summed E-state index contributed by atoms with van der Waals surface area (Å²) in [5.74, 6) is 1.68. The van der Waals surface area contributed by atoms with Gasteiger partial charge in [0.25, 0.3) is 5.91 Å². The minimum atomic E-state index is -0.0554. The molecule has 6 heteroatoms. The first kappa shape index (κ1) is 14.0. The number of H-pyrrole nitrogens is 1. The van der Waals surface area contributed by atoms with Crippen molar-refractivity contribution in [1.29, 1.82) is 0 Å². The van der Waals surface area contributed by atoms with Crippen molar-refractivity contribution in [1.82, 2.24) is 25.0 Å². The average molecular weight is 265 g/mol. The van der Waals surface area contributed by atoms with Crippen LogP contribution < -0.4 is 0 Å². The molecule has 1 aliphatic rings. The molecule has 2 heterocycles. The number of carbonyl (C=O) groups excluding carboxylic acids is 1. The summed E-state index contributed by atoms with van der Waals surface area (Å²) in [5.41, 5.74) is 0. The minimum absolute atomic E-state index is 0.0554. The van der Waals surface area contributed by atoms with Gasteiger partial charge in [-0.3, -0.25) is 14.8 Å². The molecule has 1 amide bonds. The predicted molar refractivity (Wildman–Crippen MR) is 72.9 cm³/mol. The van der Waals surface area contributed by atoms with Gasteiger partial charge in [0.15, 0.2) is 0 Å². The van der Waals surface area contributed by atoms with Crippen molar-refractivity contribution in [3.8, 4) is 0 Å². The number of aromatic amines is 1. The van der Waals surface area contributed by atoms with Crippen molar-refractivity contribution in [3.63, 3.8) is 0 Å². The number of piperazine rings is 1. The highest BCUT2D eigenvalue weighted by molar-refractivity contribution is 5.90. The molecule has 1 fully saturated rings. The lowest BCUT2D eigenvalue weighted by molar-refractivity contribution is 0.0612. The lowest BCUT2D eigenvalue weighted by atomic mass is 10.2. The molecule has 2 rings (SSSR count). The first-order chi connectivity index (χ1) is 9.10. The van der Waals surface area contributed by atoms with Crippen LogP contribution in [0.5, 0.6) is 0 Å². The van der Waals surface area contributed by atoms with E-state index < -0.39 is 0 Å². The van der Waals surface area contributed by atoms with Gasteiger partial charge in [-0.1, -0.05) is 20.8 Å². The SMILES string of the molecule is CCc1nc(C(=O)N2CCN(CC(C)C)CC2)n[nH]1. The zero-order valence-corrected chi connectivity index (χ0v) is 12.0. The molecule has 0 saturated carbocycles. The van der Waals surface area contributed by atoms with E-state index in [-0.39, 0.29) is 5.91 Å². The fraction of sp³-hybridized carbons (Fsp3) is 0.769. The summed E-state index contributed by atoms with van der Waals surface area (Å²) in [6.45, 7) is 10.9. The first-order valence-corrected chi connectivity index (χ1v) is 7.03. The van der Waals surface area contributed by atoms with E-state index >= 15 is 0 Å². The van der Waals surface area contributed by atoms with Gasteiger partial charge in [0.1, 0.15) is 5.82 Å². The minimum Gasteiger partial charge on any atom is -0.333 e. The molecule has 0 radical (unpaired) electrons. The third-order valence-corrected chi connectivity index (χ3v) is 3.34. The molecule has 1 N–H and O–H groups in total. The van der Waals surface area contributed by atoms with E-state index in [9.17, 15) is 4.79 Å². The fourth-order valence-electron chi connectivity index (χ4n) is 2.34. The van der Waals surface area contributed by atoms with Gasteiger partial charge in [-0.2, -0.15) is 0 Å². The van der Waals surface area contributed by atoms with E-state index in [4.69, 9.17) is 0 Å². The second-order valence-electron chi connectivity index (χ2n) is 5.45. The number of carbonyl (C=O) groups is 1. The van der Waals surface area contributed by atoms with Crippen LogP contribution in [-0.2, 0) is 6.42 Å². The van der Waals surface area contributed by atoms with E-state index in [1.807, 2.05) is 11.8 Å². The summed E-state index contributed by atoms with van der Waals surface area (Å²) in [4.78, 5) is 20.7. The van der Waals surface area contributed by atoms with Crippen LogP contribution in [0.3, 0.4) is 0 Å². The van der Waals surface area contributed by atoms with Crippen LogP contribution >= 0.6 is 0 Å². The maximum absolute atomic E-state index is 12.2. The third-order valence-electron chi connectivity index (χ3n) is 3.34. The second kappa shape index (κ2) is 6.14. The largest absolute Gasteiger partial charge is 0.333 e. The number of aryl methyl sites for hydroxylation is 1. The van der Waals surface area contributed by atoms with Crippen molar-refractivity contribution in [3.05, 3.63) is 11.6 Å². The van der Waals surface area contributed by atoms with Gasteiger partial charge in [-0.25, -0.2) is 4.98 Å². The number of nitrogens with one attached hydrogen (secondary N) is 1. The highest BCUT2D eigenvalue weighted by atomic mass is 16.2. The summed E-state index contributed by atoms with van der Waals surface area (Å²) in [7, 11) is 0. The third kappa shape index (κ3) is 3.53. The molecule has 1 saturated heterocycles. The van der Waals surface area contributed by atoms with Crippen LogP contribution in [0.4, 0.5) is 0 Å². The van der Waals surface area contributed by atoms with Gasteiger partial charge in [0.2, 0.25) is 5.82 Å². The molecule has 0 aliphatic carbocycles. The Balaban J connectivity index is 1.88. The van der Waals surface area contributed by atoms with Gasteiger partial charge >= 0.3 is 0 Å². The summed E-state index contributed by atoms with van der Waals surface area (Å²) < 4.78 is 0. The zero-order chi connectivity index (χ0) is 13.8. The Labute approximate surface area is 114 Å². The van der Waals surface area contributed by atoms with Gasteiger partial charge < -0.3 is 4.90 Å². The molecule has 1 aromatic heterocycles. The van der Waals surface area contributed by atoms with Crippen LogP contribution in [0.25, 0.3) is 0 Å². The number of rotatable bonds is 4. The summed E-state index contributed by atoms with van der Waals surface area (Å²) >= 11 is 0. The topological polar surface area (TPSA) is 65.1 Å². The molecule has 19 heavy (non-hydrogen) atoms. The zero-order valence-electron chi connectivity index (χ0n) is 12.0. The number of hydrogen-bond acceptors (Lipinski definition) is 4. The molecule has 1 aromatic rings. The molecule has 0 unspecified atom stereocenters. The average Bonchev–Trinajstić information content (AvgIpc) is 2.87. The van der Waals surface area contributed by atoms with Crippen molar-refractivity contribution < 1.29 is 4.79 Å². The van der Waals surface area contributed by atoms with Crippen molar-refractivity contribution in [2.45, 2.75) is 27.2 Å². The van der Waals surface area contributed by atoms with Gasteiger partial charge in [0.05, 0.1) is 0 Å². The second-order valence-corrected chi connectivity index (χ2v) is 5.45. The van der Waals surface area contributed by atoms with Gasteiger partial charge in [-0.15, -0.1) is 5.10 Å². The molecular formula is C13H23N5O. The van der Waals surface area contributed by atoms with E-state index in [1.54, 1.807) is 0 Å². The molecule has 0 aromatic carbocycles. The molecule has 6 nitrogen and oxygen atoms in total. The Morgan fingerprint density at radius 2 is 2.00 bits per heavy atom.